The second kappa shape index (κ2) is 9.72. The van der Waals surface area contributed by atoms with Crippen molar-refractivity contribution >= 4 is 80.6 Å². The number of hydrogen-bond donors (Lipinski definition) is 1. The Bertz CT molecular complexity index is 2020. The van der Waals surface area contributed by atoms with Gasteiger partial charge in [0.1, 0.15) is 0 Å². The van der Waals surface area contributed by atoms with Gasteiger partial charge in [0, 0.05) is 25.8 Å². The van der Waals surface area contributed by atoms with Crippen LogP contribution in [0.2, 0.25) is 0 Å². The lowest BCUT2D eigenvalue weighted by molar-refractivity contribution is 0.591. The van der Waals surface area contributed by atoms with Gasteiger partial charge in [-0.3, -0.25) is 0 Å². The van der Waals surface area contributed by atoms with Crippen molar-refractivity contribution in [3.63, 3.8) is 0 Å². The average Bonchev–Trinajstić information content (AvgIpc) is 2.96. The summed E-state index contributed by atoms with van der Waals surface area (Å²) in [4.78, 5) is 0. The van der Waals surface area contributed by atoms with E-state index >= 15 is 0 Å². The fourth-order valence-electron chi connectivity index (χ4n) is 6.00. The highest BCUT2D eigenvalue weighted by Crippen LogP contribution is 2.46. The zero-order valence-corrected chi connectivity index (χ0v) is 26.4. The number of hydrogen-bond acceptors (Lipinski definition) is 1. The molecule has 0 saturated carbocycles. The molecule has 0 spiro atoms. The highest BCUT2D eigenvalue weighted by Gasteiger charge is 2.22. The first-order valence-corrected chi connectivity index (χ1v) is 15.4. The fourth-order valence-corrected chi connectivity index (χ4v) is 7.15. The molecule has 0 fully saturated rings. The topological polar surface area (TPSA) is 26.0 Å². The van der Waals surface area contributed by atoms with Crippen molar-refractivity contribution in [3.8, 4) is 22.3 Å². The van der Waals surface area contributed by atoms with Crippen molar-refractivity contribution in [1.29, 1.82) is 0 Å². The molecule has 0 aromatic heterocycles. The van der Waals surface area contributed by atoms with Gasteiger partial charge in [0.15, 0.2) is 0 Å². The Morgan fingerprint density at radius 3 is 1.32 bits per heavy atom. The lowest BCUT2D eigenvalue weighted by atomic mass is 9.82. The quantitative estimate of drug-likeness (QED) is 0.145. The molecule has 0 atom stereocenters. The summed E-state index contributed by atoms with van der Waals surface area (Å²) in [6.45, 7) is 6.79. The summed E-state index contributed by atoms with van der Waals surface area (Å²) < 4.78 is 2.07. The predicted octanol–water partition coefficient (Wildman–Crippen LogP) is 12.0. The molecule has 0 saturated heterocycles. The average molecular weight is 659 g/mol. The van der Waals surface area contributed by atoms with Gasteiger partial charge in [-0.2, -0.15) is 0 Å². The number of nitrogens with two attached hydrogens (primary N) is 1. The van der Waals surface area contributed by atoms with Crippen LogP contribution >= 0.6 is 31.9 Å². The van der Waals surface area contributed by atoms with Crippen molar-refractivity contribution in [2.45, 2.75) is 26.2 Å². The van der Waals surface area contributed by atoms with Gasteiger partial charge in [-0.15, -0.1) is 0 Å². The van der Waals surface area contributed by atoms with Gasteiger partial charge in [-0.05, 0) is 102 Å². The monoisotopic (exact) mass is 657 g/mol. The summed E-state index contributed by atoms with van der Waals surface area (Å²) in [5.41, 5.74) is 13.4. The van der Waals surface area contributed by atoms with Gasteiger partial charge in [0.2, 0.25) is 0 Å². The summed E-state index contributed by atoms with van der Waals surface area (Å²) in [5, 5.41) is 9.81. The number of anilines is 1. The molecule has 41 heavy (non-hydrogen) atoms. The van der Waals surface area contributed by atoms with E-state index in [1.807, 2.05) is 0 Å². The van der Waals surface area contributed by atoms with Crippen molar-refractivity contribution in [2.24, 2.45) is 0 Å². The summed E-state index contributed by atoms with van der Waals surface area (Å²) in [6.07, 6.45) is 0. The van der Waals surface area contributed by atoms with Gasteiger partial charge in [0.25, 0.3) is 0 Å². The maximum Gasteiger partial charge on any atom is 0.0474 e. The zero-order chi connectivity index (χ0) is 28.5. The number of rotatable bonds is 2. The molecule has 0 heterocycles. The smallest absolute Gasteiger partial charge is 0.0474 e. The minimum absolute atomic E-state index is 0.0662. The predicted molar refractivity (Wildman–Crippen MR) is 186 cm³/mol. The number of benzene rings is 7. The third-order valence-electron chi connectivity index (χ3n) is 8.29. The van der Waals surface area contributed by atoms with Crippen molar-refractivity contribution in [3.05, 3.63) is 124 Å². The molecule has 0 unspecified atom stereocenters. The second-order valence-electron chi connectivity index (χ2n) is 11.9. The standard InChI is InChI=1S/C38H29Br2N/c1-38(2,3)26-18-33(31-20-29-24(16-35(31)39)14-12-22-8-4-6-10-27(22)29)37(41)34(19-26)32-21-30-25(17-36(32)40)15-13-23-9-5-7-11-28(23)30/h4-21H,41H2,1-3H3. The molecule has 0 bridgehead atoms. The molecule has 200 valence electrons. The van der Waals surface area contributed by atoms with Gasteiger partial charge in [-0.25, -0.2) is 0 Å². The molecule has 7 aromatic carbocycles. The Labute approximate surface area is 257 Å². The molecule has 0 aliphatic rings. The maximum atomic E-state index is 7.17. The molecule has 7 rings (SSSR count). The number of fused-ring (bicyclic) bond motifs is 6. The van der Waals surface area contributed by atoms with Crippen molar-refractivity contribution in [1.82, 2.24) is 0 Å². The minimum Gasteiger partial charge on any atom is -0.398 e. The molecular weight excluding hydrogens is 630 g/mol. The van der Waals surface area contributed by atoms with Gasteiger partial charge in [-0.1, -0.05) is 125 Å². The number of halogens is 2. The lowest BCUT2D eigenvalue weighted by Gasteiger charge is -2.24. The first-order chi connectivity index (χ1) is 19.7. The van der Waals surface area contributed by atoms with Crippen LogP contribution in [-0.4, -0.2) is 0 Å². The summed E-state index contributed by atoms with van der Waals surface area (Å²) in [6, 6.07) is 39.5. The molecular formula is C38H29Br2N. The Hall–Kier alpha value is -3.66. The summed E-state index contributed by atoms with van der Waals surface area (Å²) in [5.74, 6) is 0. The fraction of sp³-hybridized carbons (Fsp3) is 0.105. The third kappa shape index (κ3) is 4.43. The lowest BCUT2D eigenvalue weighted by Crippen LogP contribution is -2.12. The highest BCUT2D eigenvalue weighted by molar-refractivity contribution is 9.11. The summed E-state index contributed by atoms with van der Waals surface area (Å²) >= 11 is 7.84. The molecule has 0 radical (unpaired) electrons. The van der Waals surface area contributed by atoms with E-state index < -0.39 is 0 Å². The Morgan fingerprint density at radius 2 is 0.878 bits per heavy atom. The zero-order valence-electron chi connectivity index (χ0n) is 23.2. The van der Waals surface area contributed by atoms with Crippen LogP contribution in [0.15, 0.2) is 118 Å². The van der Waals surface area contributed by atoms with E-state index in [-0.39, 0.29) is 5.41 Å². The normalized spacial score (nSPS) is 12.1. The summed E-state index contributed by atoms with van der Waals surface area (Å²) in [7, 11) is 0. The van der Waals surface area contributed by atoms with E-state index in [0.29, 0.717) is 0 Å². The minimum atomic E-state index is -0.0662. The van der Waals surface area contributed by atoms with Crippen LogP contribution in [0, 0.1) is 0 Å². The van der Waals surface area contributed by atoms with Crippen LogP contribution in [0.3, 0.4) is 0 Å². The van der Waals surface area contributed by atoms with Crippen LogP contribution in [0.5, 0.6) is 0 Å². The van der Waals surface area contributed by atoms with Crippen LogP contribution in [0.1, 0.15) is 26.3 Å². The first-order valence-electron chi connectivity index (χ1n) is 13.9. The van der Waals surface area contributed by atoms with E-state index in [1.165, 1.54) is 48.7 Å². The molecule has 2 N–H and O–H groups in total. The molecule has 1 nitrogen and oxygen atoms in total. The van der Waals surface area contributed by atoms with E-state index in [1.54, 1.807) is 0 Å². The largest absolute Gasteiger partial charge is 0.398 e. The van der Waals surface area contributed by atoms with E-state index in [9.17, 15) is 0 Å². The Kier molecular flexibility index (Phi) is 6.22. The van der Waals surface area contributed by atoms with Gasteiger partial charge < -0.3 is 5.73 Å². The molecule has 0 aliphatic carbocycles. The molecule has 3 heteroatoms. The molecule has 7 aromatic rings. The van der Waals surface area contributed by atoms with Crippen molar-refractivity contribution in [2.75, 3.05) is 5.73 Å². The van der Waals surface area contributed by atoms with Gasteiger partial charge in [0.05, 0.1) is 0 Å². The molecule has 0 aliphatic heterocycles. The first kappa shape index (κ1) is 26.3. The third-order valence-corrected chi connectivity index (χ3v) is 9.60. The maximum absolute atomic E-state index is 7.17. The van der Waals surface area contributed by atoms with Crippen LogP contribution in [0.25, 0.3) is 65.3 Å². The molecule has 0 amide bonds. The van der Waals surface area contributed by atoms with E-state index in [2.05, 4.69) is 162 Å². The van der Waals surface area contributed by atoms with Crippen LogP contribution in [0.4, 0.5) is 5.69 Å². The Morgan fingerprint density at radius 1 is 0.463 bits per heavy atom. The van der Waals surface area contributed by atoms with Crippen LogP contribution in [-0.2, 0) is 5.41 Å². The van der Waals surface area contributed by atoms with Crippen molar-refractivity contribution < 1.29 is 0 Å². The van der Waals surface area contributed by atoms with E-state index in [4.69, 9.17) is 5.73 Å². The van der Waals surface area contributed by atoms with E-state index in [0.717, 1.165) is 36.9 Å². The highest BCUT2D eigenvalue weighted by atomic mass is 79.9. The number of nitrogen functional groups attached to an aromatic ring is 1. The SMILES string of the molecule is CC(C)(C)c1cc(-c2cc3c(ccc4ccccc43)cc2Br)c(N)c(-c2cc3c(ccc4ccccc43)cc2Br)c1. The van der Waals surface area contributed by atoms with Gasteiger partial charge >= 0.3 is 0 Å². The second-order valence-corrected chi connectivity index (χ2v) is 13.6. The van der Waals surface area contributed by atoms with Crippen LogP contribution < -0.4 is 5.73 Å². The Balaban J connectivity index is 1.54.